The number of aromatic nitrogens is 5. The highest BCUT2D eigenvalue weighted by Gasteiger charge is 2.29. The number of aryl methyl sites for hydroxylation is 1. The molecule has 1 fully saturated rings. The van der Waals surface area contributed by atoms with Gasteiger partial charge in [-0.15, -0.1) is 0 Å². The summed E-state index contributed by atoms with van der Waals surface area (Å²) in [5.41, 5.74) is 2.67. The second kappa shape index (κ2) is 7.83. The second-order valence-corrected chi connectivity index (χ2v) is 8.31. The number of hydrogen-bond donors (Lipinski definition) is 3. The molecule has 0 unspecified atom stereocenters. The van der Waals surface area contributed by atoms with Gasteiger partial charge in [0.15, 0.2) is 5.82 Å². The predicted octanol–water partition coefficient (Wildman–Crippen LogP) is 4.26. The van der Waals surface area contributed by atoms with Crippen molar-refractivity contribution in [1.29, 1.82) is 0 Å². The van der Waals surface area contributed by atoms with Crippen LogP contribution < -0.4 is 10.6 Å². The summed E-state index contributed by atoms with van der Waals surface area (Å²) < 4.78 is 1.89. The number of anilines is 3. The van der Waals surface area contributed by atoms with E-state index in [-0.39, 0.29) is 11.8 Å². The van der Waals surface area contributed by atoms with Gasteiger partial charge in [0.25, 0.3) is 0 Å². The predicted molar refractivity (Wildman–Crippen MR) is 116 cm³/mol. The molecule has 0 radical (unpaired) electrons. The number of benzene rings is 1. The van der Waals surface area contributed by atoms with Gasteiger partial charge in [-0.25, -0.2) is 9.97 Å². The van der Waals surface area contributed by atoms with Crippen molar-refractivity contribution in [1.82, 2.24) is 24.6 Å². The maximum atomic E-state index is 11.9. The first kappa shape index (κ1) is 18.7. The number of nitrogens with zero attached hydrogens (tertiary/aromatic N) is 4. The summed E-state index contributed by atoms with van der Waals surface area (Å²) in [5.74, 6) is 1.67. The van der Waals surface area contributed by atoms with Crippen LogP contribution >= 0.6 is 11.8 Å². The molecular formula is C21H21N7OS. The maximum absolute atomic E-state index is 11.9. The van der Waals surface area contributed by atoms with Crippen molar-refractivity contribution in [3.05, 3.63) is 54.5 Å². The smallest absolute Gasteiger partial charge is 0.227 e. The molecule has 0 atom stereocenters. The van der Waals surface area contributed by atoms with Crippen molar-refractivity contribution in [2.24, 2.45) is 5.92 Å². The van der Waals surface area contributed by atoms with Crippen LogP contribution in [0.5, 0.6) is 0 Å². The maximum Gasteiger partial charge on any atom is 0.227 e. The molecule has 0 bridgehead atoms. The third-order valence-electron chi connectivity index (χ3n) is 4.91. The Hall–Kier alpha value is -3.33. The SMILES string of the molecule is CCc1cc(Nc2nc(Sc3ccc(NC(=O)C4CC4)cc3)cc3nccn23)n[nH]1. The largest absolute Gasteiger partial charge is 0.326 e. The van der Waals surface area contributed by atoms with Crippen LogP contribution in [-0.2, 0) is 11.2 Å². The first-order chi connectivity index (χ1) is 14.7. The molecule has 0 spiro atoms. The fraction of sp³-hybridized carbons (Fsp3) is 0.238. The van der Waals surface area contributed by atoms with Gasteiger partial charge in [0.2, 0.25) is 11.9 Å². The number of H-pyrrole nitrogens is 1. The van der Waals surface area contributed by atoms with Gasteiger partial charge in [-0.05, 0) is 43.5 Å². The highest BCUT2D eigenvalue weighted by Crippen LogP contribution is 2.32. The van der Waals surface area contributed by atoms with Crippen molar-refractivity contribution in [3.63, 3.8) is 0 Å². The number of imidazole rings is 1. The third kappa shape index (κ3) is 4.02. The number of carbonyl (C=O) groups is 1. The molecule has 1 amide bonds. The van der Waals surface area contributed by atoms with E-state index in [2.05, 4.69) is 32.7 Å². The van der Waals surface area contributed by atoms with Crippen molar-refractivity contribution in [3.8, 4) is 0 Å². The number of rotatable bonds is 7. The molecule has 1 aliphatic carbocycles. The van der Waals surface area contributed by atoms with E-state index in [0.29, 0.717) is 11.8 Å². The van der Waals surface area contributed by atoms with Gasteiger partial charge in [0, 0.05) is 46.7 Å². The van der Waals surface area contributed by atoms with Gasteiger partial charge in [-0.1, -0.05) is 18.7 Å². The van der Waals surface area contributed by atoms with Gasteiger partial charge in [-0.2, -0.15) is 5.10 Å². The average Bonchev–Trinajstić information content (AvgIpc) is 3.33. The lowest BCUT2D eigenvalue weighted by Gasteiger charge is -2.09. The van der Waals surface area contributed by atoms with E-state index in [1.54, 1.807) is 18.0 Å². The minimum Gasteiger partial charge on any atom is -0.326 e. The van der Waals surface area contributed by atoms with Crippen LogP contribution in [0.2, 0.25) is 0 Å². The molecule has 3 aromatic heterocycles. The molecule has 1 saturated carbocycles. The van der Waals surface area contributed by atoms with Crippen molar-refractivity contribution < 1.29 is 4.79 Å². The van der Waals surface area contributed by atoms with Crippen molar-refractivity contribution in [2.75, 3.05) is 10.6 Å². The van der Waals surface area contributed by atoms with Crippen LogP contribution in [0, 0.1) is 5.92 Å². The molecule has 0 saturated heterocycles. The lowest BCUT2D eigenvalue weighted by atomic mass is 10.3. The lowest BCUT2D eigenvalue weighted by molar-refractivity contribution is -0.117. The standard InChI is InChI=1S/C21H21N7OS/c1-2-14-11-17(27-26-14)24-21-25-19(12-18-22-9-10-28(18)21)30-16-7-5-15(6-8-16)23-20(29)13-3-4-13/h5-13H,2-4H2,1H3,(H,23,29)(H2,24,25,26,27). The topological polar surface area (TPSA) is 100 Å². The van der Waals surface area contributed by atoms with E-state index >= 15 is 0 Å². The molecule has 152 valence electrons. The van der Waals surface area contributed by atoms with Gasteiger partial charge < -0.3 is 10.6 Å². The van der Waals surface area contributed by atoms with Crippen molar-refractivity contribution >= 4 is 40.8 Å². The summed E-state index contributed by atoms with van der Waals surface area (Å²) in [7, 11) is 0. The monoisotopic (exact) mass is 419 g/mol. The molecular weight excluding hydrogens is 398 g/mol. The van der Waals surface area contributed by atoms with Crippen LogP contribution in [0.4, 0.5) is 17.5 Å². The molecule has 5 rings (SSSR count). The summed E-state index contributed by atoms with van der Waals surface area (Å²) in [4.78, 5) is 22.1. The molecule has 1 aromatic carbocycles. The fourth-order valence-corrected chi connectivity index (χ4v) is 3.89. The van der Waals surface area contributed by atoms with Gasteiger partial charge in [0.05, 0.1) is 0 Å². The average molecular weight is 420 g/mol. The Morgan fingerprint density at radius 1 is 1.27 bits per heavy atom. The van der Waals surface area contributed by atoms with E-state index < -0.39 is 0 Å². The normalized spacial score (nSPS) is 13.5. The zero-order chi connectivity index (χ0) is 20.5. The van der Waals surface area contributed by atoms with Crippen LogP contribution in [0.15, 0.2) is 58.7 Å². The third-order valence-corrected chi connectivity index (χ3v) is 5.84. The summed E-state index contributed by atoms with van der Waals surface area (Å²) >= 11 is 1.54. The number of carbonyl (C=O) groups excluding carboxylic acids is 1. The zero-order valence-electron chi connectivity index (χ0n) is 16.4. The molecule has 9 heteroatoms. The molecule has 0 aliphatic heterocycles. The Morgan fingerprint density at radius 2 is 2.10 bits per heavy atom. The lowest BCUT2D eigenvalue weighted by Crippen LogP contribution is -2.12. The number of nitrogens with one attached hydrogen (secondary N) is 3. The van der Waals surface area contributed by atoms with E-state index in [0.717, 1.165) is 46.2 Å². The van der Waals surface area contributed by atoms with Crippen molar-refractivity contribution in [2.45, 2.75) is 36.1 Å². The Morgan fingerprint density at radius 3 is 2.83 bits per heavy atom. The zero-order valence-corrected chi connectivity index (χ0v) is 17.2. The van der Waals surface area contributed by atoms with Crippen LogP contribution in [0.1, 0.15) is 25.5 Å². The van der Waals surface area contributed by atoms with E-state index in [1.807, 2.05) is 47.0 Å². The highest BCUT2D eigenvalue weighted by atomic mass is 32.2. The first-order valence-electron chi connectivity index (χ1n) is 9.92. The Kier molecular flexibility index (Phi) is 4.88. The van der Waals surface area contributed by atoms with Gasteiger partial charge >= 0.3 is 0 Å². The number of aromatic amines is 1. The highest BCUT2D eigenvalue weighted by molar-refractivity contribution is 7.99. The van der Waals surface area contributed by atoms with Crippen LogP contribution in [0.25, 0.3) is 5.65 Å². The molecule has 3 heterocycles. The molecule has 8 nitrogen and oxygen atoms in total. The number of hydrogen-bond acceptors (Lipinski definition) is 6. The molecule has 30 heavy (non-hydrogen) atoms. The fourth-order valence-electron chi connectivity index (χ4n) is 3.08. The van der Waals surface area contributed by atoms with Gasteiger partial charge in [-0.3, -0.25) is 14.3 Å². The number of amides is 1. The van der Waals surface area contributed by atoms with Crippen LogP contribution in [-0.4, -0.2) is 30.5 Å². The number of fused-ring (bicyclic) bond motifs is 1. The summed E-state index contributed by atoms with van der Waals surface area (Å²) in [5, 5.41) is 14.3. The summed E-state index contributed by atoms with van der Waals surface area (Å²) in [6.07, 6.45) is 6.49. The Labute approximate surface area is 177 Å². The van der Waals surface area contributed by atoms with Gasteiger partial charge in [0.1, 0.15) is 10.7 Å². The molecule has 4 aromatic rings. The molecule has 3 N–H and O–H groups in total. The minimum absolute atomic E-state index is 0.113. The van der Waals surface area contributed by atoms with E-state index in [4.69, 9.17) is 4.98 Å². The summed E-state index contributed by atoms with van der Waals surface area (Å²) in [6, 6.07) is 11.7. The quantitative estimate of drug-likeness (QED) is 0.387. The minimum atomic E-state index is 0.113. The Balaban J connectivity index is 1.35. The van der Waals surface area contributed by atoms with E-state index in [9.17, 15) is 4.79 Å². The Bertz CT molecular complexity index is 1190. The molecule has 1 aliphatic rings. The van der Waals surface area contributed by atoms with E-state index in [1.165, 1.54) is 0 Å². The first-order valence-corrected chi connectivity index (χ1v) is 10.7. The van der Waals surface area contributed by atoms with Crippen LogP contribution in [0.3, 0.4) is 0 Å². The second-order valence-electron chi connectivity index (χ2n) is 7.22. The summed E-state index contributed by atoms with van der Waals surface area (Å²) in [6.45, 7) is 2.07.